The molecule has 2 atom stereocenters. The molecule has 132 valence electrons. The number of nitrogens with zero attached hydrogens (tertiary/aromatic N) is 3. The molecule has 0 bridgehead atoms. The van der Waals surface area contributed by atoms with Crippen LogP contribution in [-0.2, 0) is 12.8 Å². The number of urea groups is 1. The molecule has 2 unspecified atom stereocenters. The van der Waals surface area contributed by atoms with Crippen LogP contribution >= 0.6 is 0 Å². The Hall–Kier alpha value is -2.37. The van der Waals surface area contributed by atoms with Crippen LogP contribution < -0.4 is 5.32 Å². The maximum Gasteiger partial charge on any atom is 0.317 e. The minimum Gasteiger partial charge on any atom is -0.340 e. The van der Waals surface area contributed by atoms with E-state index >= 15 is 0 Å². The van der Waals surface area contributed by atoms with Crippen molar-refractivity contribution in [1.82, 2.24) is 20.4 Å². The van der Waals surface area contributed by atoms with Gasteiger partial charge in [0.25, 0.3) is 0 Å². The first kappa shape index (κ1) is 16.1. The van der Waals surface area contributed by atoms with Crippen molar-refractivity contribution in [2.45, 2.75) is 51.0 Å². The van der Waals surface area contributed by atoms with Gasteiger partial charge in [0.15, 0.2) is 5.82 Å². The zero-order chi connectivity index (χ0) is 17.2. The van der Waals surface area contributed by atoms with E-state index in [1.807, 2.05) is 4.90 Å². The average Bonchev–Trinajstić information content (AvgIpc) is 3.08. The summed E-state index contributed by atoms with van der Waals surface area (Å²) >= 11 is 0. The van der Waals surface area contributed by atoms with E-state index in [9.17, 15) is 4.79 Å². The zero-order valence-electron chi connectivity index (χ0n) is 14.6. The number of hydrogen-bond acceptors (Lipinski definition) is 4. The van der Waals surface area contributed by atoms with Crippen molar-refractivity contribution in [3.8, 4) is 0 Å². The molecule has 1 saturated heterocycles. The van der Waals surface area contributed by atoms with Gasteiger partial charge in [-0.3, -0.25) is 0 Å². The first-order chi connectivity index (χ1) is 12.2. The molecule has 1 aliphatic carbocycles. The summed E-state index contributed by atoms with van der Waals surface area (Å²) in [7, 11) is 0. The Bertz CT molecular complexity index is 757. The summed E-state index contributed by atoms with van der Waals surface area (Å²) in [5, 5.41) is 7.26. The van der Waals surface area contributed by atoms with Crippen molar-refractivity contribution >= 4 is 6.03 Å². The molecule has 25 heavy (non-hydrogen) atoms. The smallest absolute Gasteiger partial charge is 0.317 e. The van der Waals surface area contributed by atoms with Crippen molar-refractivity contribution in [3.05, 3.63) is 47.1 Å². The topological polar surface area (TPSA) is 71.3 Å². The molecule has 1 fully saturated rings. The van der Waals surface area contributed by atoms with Gasteiger partial charge < -0.3 is 14.7 Å². The quantitative estimate of drug-likeness (QED) is 0.912. The Balaban J connectivity index is 1.36. The van der Waals surface area contributed by atoms with Gasteiger partial charge in [0.05, 0.1) is 0 Å². The fourth-order valence-corrected chi connectivity index (χ4v) is 3.94. The minimum atomic E-state index is 0.0364. The van der Waals surface area contributed by atoms with Crippen LogP contribution in [0.2, 0.25) is 0 Å². The second-order valence-electron chi connectivity index (χ2n) is 7.11. The molecule has 6 heteroatoms. The van der Waals surface area contributed by atoms with Crippen LogP contribution in [-0.4, -0.2) is 40.2 Å². The van der Waals surface area contributed by atoms with Crippen LogP contribution in [0.3, 0.4) is 0 Å². The summed E-state index contributed by atoms with van der Waals surface area (Å²) in [5.41, 5.74) is 2.77. The lowest BCUT2D eigenvalue weighted by Gasteiger charge is -2.33. The van der Waals surface area contributed by atoms with Gasteiger partial charge in [-0.15, -0.1) is 0 Å². The summed E-state index contributed by atoms with van der Waals surface area (Å²) in [5.74, 6) is 1.48. The molecule has 6 nitrogen and oxygen atoms in total. The maximum atomic E-state index is 12.7. The summed E-state index contributed by atoms with van der Waals surface area (Å²) in [6, 6.07) is 8.78. The van der Waals surface area contributed by atoms with Gasteiger partial charge >= 0.3 is 6.03 Å². The Morgan fingerprint density at radius 1 is 1.28 bits per heavy atom. The third kappa shape index (κ3) is 3.52. The van der Waals surface area contributed by atoms with Gasteiger partial charge in [0.1, 0.15) is 0 Å². The van der Waals surface area contributed by atoms with Crippen molar-refractivity contribution in [2.75, 3.05) is 13.1 Å². The van der Waals surface area contributed by atoms with E-state index in [1.54, 1.807) is 6.92 Å². The van der Waals surface area contributed by atoms with E-state index in [-0.39, 0.29) is 18.0 Å². The lowest BCUT2D eigenvalue weighted by atomic mass is 9.88. The predicted molar refractivity (Wildman–Crippen MR) is 93.4 cm³/mol. The van der Waals surface area contributed by atoms with Crippen LogP contribution in [0.15, 0.2) is 28.8 Å². The lowest BCUT2D eigenvalue weighted by molar-refractivity contribution is 0.173. The van der Waals surface area contributed by atoms with E-state index in [1.165, 1.54) is 11.1 Å². The van der Waals surface area contributed by atoms with Crippen LogP contribution in [0.1, 0.15) is 48.0 Å². The van der Waals surface area contributed by atoms with Crippen molar-refractivity contribution < 1.29 is 9.32 Å². The Kier molecular flexibility index (Phi) is 4.42. The summed E-state index contributed by atoms with van der Waals surface area (Å²) in [6.45, 7) is 3.25. The van der Waals surface area contributed by atoms with Crippen LogP contribution in [0.25, 0.3) is 0 Å². The average molecular weight is 340 g/mol. The van der Waals surface area contributed by atoms with Gasteiger partial charge in [0, 0.05) is 32.0 Å². The van der Waals surface area contributed by atoms with Gasteiger partial charge in [-0.1, -0.05) is 29.4 Å². The number of likely N-dealkylation sites (tertiary alicyclic amines) is 1. The number of hydrogen-bond donors (Lipinski definition) is 1. The molecule has 0 saturated carbocycles. The second kappa shape index (κ2) is 6.86. The van der Waals surface area contributed by atoms with Gasteiger partial charge in [0.2, 0.25) is 5.89 Å². The highest BCUT2D eigenvalue weighted by molar-refractivity contribution is 5.74. The second-order valence-corrected chi connectivity index (χ2v) is 7.11. The minimum absolute atomic E-state index is 0.0364. The maximum absolute atomic E-state index is 12.7. The molecule has 4 rings (SSSR count). The molecule has 1 N–H and O–H groups in total. The summed E-state index contributed by atoms with van der Waals surface area (Å²) in [6.07, 6.45) is 4.93. The first-order valence-corrected chi connectivity index (χ1v) is 9.11. The van der Waals surface area contributed by atoms with E-state index in [0.29, 0.717) is 12.4 Å². The summed E-state index contributed by atoms with van der Waals surface area (Å²) in [4.78, 5) is 18.9. The number of benzene rings is 1. The van der Waals surface area contributed by atoms with Gasteiger partial charge in [-0.2, -0.15) is 4.98 Å². The standard InChI is InChI=1S/C19H24N4O2/c1-13-20-18(22-25-13)16-7-4-10-23(12-16)19(24)21-17-9-8-14-5-2-3-6-15(14)11-17/h2-3,5-6,16-17H,4,7-12H2,1H3,(H,21,24). The van der Waals surface area contributed by atoms with E-state index in [4.69, 9.17) is 4.52 Å². The molecule has 2 amide bonds. The molecular weight excluding hydrogens is 316 g/mol. The van der Waals surface area contributed by atoms with Crippen LogP contribution in [0.5, 0.6) is 0 Å². The van der Waals surface area contributed by atoms with Crippen LogP contribution in [0, 0.1) is 6.92 Å². The van der Waals surface area contributed by atoms with Crippen molar-refractivity contribution in [2.24, 2.45) is 0 Å². The number of amides is 2. The number of fused-ring (bicyclic) bond motifs is 1. The number of carbonyl (C=O) groups excluding carboxylic acids is 1. The van der Waals surface area contributed by atoms with Gasteiger partial charge in [-0.05, 0) is 43.2 Å². The largest absolute Gasteiger partial charge is 0.340 e. The predicted octanol–water partition coefficient (Wildman–Crippen LogP) is 2.82. The number of rotatable bonds is 2. The zero-order valence-corrected chi connectivity index (χ0v) is 14.6. The highest BCUT2D eigenvalue weighted by atomic mass is 16.5. The molecule has 1 aliphatic heterocycles. The number of aromatic nitrogens is 2. The SMILES string of the molecule is Cc1nc(C2CCCN(C(=O)NC3CCc4ccccc4C3)C2)no1. The molecule has 0 radical (unpaired) electrons. The lowest BCUT2D eigenvalue weighted by Crippen LogP contribution is -2.49. The van der Waals surface area contributed by atoms with Crippen molar-refractivity contribution in [3.63, 3.8) is 0 Å². The number of aryl methyl sites for hydroxylation is 2. The molecule has 2 heterocycles. The normalized spacial score (nSPS) is 23.2. The number of carbonyl (C=O) groups is 1. The highest BCUT2D eigenvalue weighted by Gasteiger charge is 2.29. The number of nitrogens with one attached hydrogen (secondary N) is 1. The highest BCUT2D eigenvalue weighted by Crippen LogP contribution is 2.25. The third-order valence-electron chi connectivity index (χ3n) is 5.29. The third-order valence-corrected chi connectivity index (χ3v) is 5.29. The Morgan fingerprint density at radius 3 is 2.92 bits per heavy atom. The van der Waals surface area contributed by atoms with Crippen molar-refractivity contribution in [1.29, 1.82) is 0 Å². The molecule has 2 aliphatic rings. The Morgan fingerprint density at radius 2 is 2.12 bits per heavy atom. The fourth-order valence-electron chi connectivity index (χ4n) is 3.94. The number of piperidine rings is 1. The van der Waals surface area contributed by atoms with E-state index < -0.39 is 0 Å². The molecule has 1 aromatic carbocycles. The summed E-state index contributed by atoms with van der Waals surface area (Å²) < 4.78 is 5.09. The van der Waals surface area contributed by atoms with E-state index in [2.05, 4.69) is 39.7 Å². The molecule has 2 aromatic rings. The fraction of sp³-hybridized carbons (Fsp3) is 0.526. The molecular formula is C19H24N4O2. The molecule has 1 aromatic heterocycles. The van der Waals surface area contributed by atoms with E-state index in [0.717, 1.165) is 44.5 Å². The monoisotopic (exact) mass is 340 g/mol. The molecule has 0 spiro atoms. The van der Waals surface area contributed by atoms with Gasteiger partial charge in [-0.25, -0.2) is 4.79 Å². The van der Waals surface area contributed by atoms with Crippen LogP contribution in [0.4, 0.5) is 4.79 Å². The Labute approximate surface area is 147 Å². The first-order valence-electron chi connectivity index (χ1n) is 9.11.